The van der Waals surface area contributed by atoms with Gasteiger partial charge in [0.25, 0.3) is 0 Å². The summed E-state index contributed by atoms with van der Waals surface area (Å²) in [7, 11) is 1.58. The molecule has 1 aliphatic rings. The summed E-state index contributed by atoms with van der Waals surface area (Å²) in [4.78, 5) is 23.1. The quantitative estimate of drug-likeness (QED) is 0.291. The molecule has 0 bridgehead atoms. The highest BCUT2D eigenvalue weighted by Gasteiger charge is 2.11. The SMILES string of the molecule is CN(C(=O)CCC=O)c1ccc(N)c(O)c1.N=C1C=CC=CC1=N. The molecule has 0 unspecified atom stereocenters. The minimum absolute atomic E-state index is 0.0625. The zero-order valence-electron chi connectivity index (χ0n) is 13.3. The Hall–Kier alpha value is -3.22. The van der Waals surface area contributed by atoms with Crippen LogP contribution in [0.5, 0.6) is 5.75 Å². The molecule has 5 N–H and O–H groups in total. The van der Waals surface area contributed by atoms with Gasteiger partial charge in [-0.1, -0.05) is 12.2 Å². The van der Waals surface area contributed by atoms with Crippen molar-refractivity contribution in [3.8, 4) is 5.75 Å². The number of carbonyl (C=O) groups excluding carboxylic acids is 2. The topological polar surface area (TPSA) is 131 Å². The van der Waals surface area contributed by atoms with Crippen LogP contribution < -0.4 is 10.6 Å². The lowest BCUT2D eigenvalue weighted by molar-refractivity contribution is -0.120. The van der Waals surface area contributed by atoms with Gasteiger partial charge in [-0.05, 0) is 24.3 Å². The zero-order valence-corrected chi connectivity index (χ0v) is 13.3. The molecule has 1 amide bonds. The molecule has 1 aromatic rings. The summed E-state index contributed by atoms with van der Waals surface area (Å²) in [6.07, 6.45) is 7.76. The van der Waals surface area contributed by atoms with Gasteiger partial charge in [-0.15, -0.1) is 0 Å². The largest absolute Gasteiger partial charge is 0.506 e. The van der Waals surface area contributed by atoms with Crippen molar-refractivity contribution in [3.05, 3.63) is 42.5 Å². The van der Waals surface area contributed by atoms with Crippen LogP contribution in [0.25, 0.3) is 0 Å². The van der Waals surface area contributed by atoms with E-state index in [1.54, 1.807) is 37.4 Å². The first kappa shape index (κ1) is 18.8. The molecule has 0 saturated heterocycles. The molecule has 0 heterocycles. The first-order chi connectivity index (χ1) is 11.4. The highest BCUT2D eigenvalue weighted by molar-refractivity contribution is 6.48. The molecule has 0 saturated carbocycles. The number of phenols is 1. The first-order valence-electron chi connectivity index (χ1n) is 7.17. The average molecular weight is 328 g/mol. The molecule has 0 atom stereocenters. The Bertz CT molecular complexity index is 686. The van der Waals surface area contributed by atoms with Crippen LogP contribution in [0.2, 0.25) is 0 Å². The lowest BCUT2D eigenvalue weighted by Crippen LogP contribution is -2.25. The van der Waals surface area contributed by atoms with Gasteiger partial charge in [-0.2, -0.15) is 0 Å². The van der Waals surface area contributed by atoms with Crippen molar-refractivity contribution in [3.63, 3.8) is 0 Å². The van der Waals surface area contributed by atoms with Gasteiger partial charge in [-0.3, -0.25) is 15.6 Å². The Morgan fingerprint density at radius 1 is 1.25 bits per heavy atom. The van der Waals surface area contributed by atoms with Gasteiger partial charge in [0, 0.05) is 31.6 Å². The van der Waals surface area contributed by atoms with E-state index < -0.39 is 0 Å². The molecule has 0 aromatic heterocycles. The van der Waals surface area contributed by atoms with E-state index in [1.807, 2.05) is 0 Å². The highest BCUT2D eigenvalue weighted by atomic mass is 16.3. The second-order valence-electron chi connectivity index (χ2n) is 4.95. The van der Waals surface area contributed by atoms with Crippen molar-refractivity contribution in [1.29, 1.82) is 10.8 Å². The van der Waals surface area contributed by atoms with Gasteiger partial charge in [0.2, 0.25) is 5.91 Å². The molecule has 0 fully saturated rings. The number of nitrogen functional groups attached to an aromatic ring is 1. The highest BCUT2D eigenvalue weighted by Crippen LogP contribution is 2.25. The summed E-state index contributed by atoms with van der Waals surface area (Å²) < 4.78 is 0. The Morgan fingerprint density at radius 2 is 1.83 bits per heavy atom. The van der Waals surface area contributed by atoms with Gasteiger partial charge >= 0.3 is 0 Å². The van der Waals surface area contributed by atoms with Crippen LogP contribution in [0.15, 0.2) is 42.5 Å². The molecule has 2 rings (SSSR count). The zero-order chi connectivity index (χ0) is 18.1. The van der Waals surface area contributed by atoms with Crippen LogP contribution in [0.4, 0.5) is 11.4 Å². The number of nitrogens with zero attached hydrogens (tertiary/aromatic N) is 1. The Labute approximate surface area is 140 Å². The summed E-state index contributed by atoms with van der Waals surface area (Å²) in [5, 5.41) is 23.5. The van der Waals surface area contributed by atoms with Crippen LogP contribution in [-0.4, -0.2) is 35.8 Å². The predicted molar refractivity (Wildman–Crippen MR) is 95.0 cm³/mol. The fourth-order valence-corrected chi connectivity index (χ4v) is 1.72. The van der Waals surface area contributed by atoms with Crippen molar-refractivity contribution < 1.29 is 14.7 Å². The molecule has 24 heavy (non-hydrogen) atoms. The average Bonchev–Trinajstić information content (AvgIpc) is 2.57. The van der Waals surface area contributed by atoms with E-state index in [0.29, 0.717) is 12.0 Å². The maximum atomic E-state index is 11.6. The van der Waals surface area contributed by atoms with Gasteiger partial charge in [0.1, 0.15) is 12.0 Å². The van der Waals surface area contributed by atoms with Crippen LogP contribution >= 0.6 is 0 Å². The summed E-state index contributed by atoms with van der Waals surface area (Å²) in [6, 6.07) is 4.57. The molecule has 126 valence electrons. The number of phenolic OH excluding ortho intramolecular Hbond substituents is 1. The number of rotatable bonds is 4. The van der Waals surface area contributed by atoms with Crippen molar-refractivity contribution in [2.24, 2.45) is 0 Å². The minimum Gasteiger partial charge on any atom is -0.506 e. The molecule has 7 heteroatoms. The molecule has 7 nitrogen and oxygen atoms in total. The molecule has 0 radical (unpaired) electrons. The van der Waals surface area contributed by atoms with E-state index in [2.05, 4.69) is 0 Å². The number of amides is 1. The van der Waals surface area contributed by atoms with E-state index in [9.17, 15) is 14.7 Å². The number of carbonyl (C=O) groups is 2. The molecule has 1 aromatic carbocycles. The number of nitrogens with two attached hydrogens (primary N) is 1. The normalized spacial score (nSPS) is 12.4. The van der Waals surface area contributed by atoms with Gasteiger partial charge in [0.05, 0.1) is 17.1 Å². The molecule has 0 aliphatic heterocycles. The standard InChI is InChI=1S/C11H14N2O3.C6H6N2/c1-13(11(16)3-2-6-14)8-4-5-9(12)10(15)7-8;7-5-3-1-2-4-6(5)8/h4-7,15H,2-3,12H2,1H3;1-4,7-8H. The van der Waals surface area contributed by atoms with E-state index in [4.69, 9.17) is 16.6 Å². The Morgan fingerprint density at radius 3 is 2.29 bits per heavy atom. The third kappa shape index (κ3) is 5.53. The second kappa shape index (κ2) is 9.04. The van der Waals surface area contributed by atoms with Crippen LogP contribution in [0.1, 0.15) is 12.8 Å². The van der Waals surface area contributed by atoms with Crippen LogP contribution in [0, 0.1) is 10.8 Å². The van der Waals surface area contributed by atoms with E-state index in [0.717, 1.165) is 0 Å². The predicted octanol–water partition coefficient (Wildman–Crippen LogP) is 2.07. The molecular formula is C17H20N4O3. The van der Waals surface area contributed by atoms with E-state index in [-0.39, 0.29) is 41.6 Å². The van der Waals surface area contributed by atoms with Crippen LogP contribution in [-0.2, 0) is 9.59 Å². The number of anilines is 2. The Kier molecular flexibility index (Phi) is 7.09. The van der Waals surface area contributed by atoms with Gasteiger partial charge in [-0.25, -0.2) is 0 Å². The number of hydrogen-bond acceptors (Lipinski definition) is 6. The number of hydrogen-bond donors (Lipinski definition) is 4. The summed E-state index contributed by atoms with van der Waals surface area (Å²) >= 11 is 0. The lowest BCUT2D eigenvalue weighted by atomic mass is 10.1. The molecule has 0 spiro atoms. The first-order valence-corrected chi connectivity index (χ1v) is 7.17. The van der Waals surface area contributed by atoms with Crippen molar-refractivity contribution in [2.45, 2.75) is 12.8 Å². The van der Waals surface area contributed by atoms with Crippen molar-refractivity contribution in [1.82, 2.24) is 0 Å². The molecular weight excluding hydrogens is 308 g/mol. The summed E-state index contributed by atoms with van der Waals surface area (Å²) in [5.74, 6) is -0.246. The van der Waals surface area contributed by atoms with Gasteiger partial charge in [0.15, 0.2) is 0 Å². The Balaban J connectivity index is 0.000000300. The van der Waals surface area contributed by atoms with Crippen molar-refractivity contribution in [2.75, 3.05) is 17.7 Å². The number of allylic oxidation sites excluding steroid dienone is 4. The second-order valence-corrected chi connectivity index (χ2v) is 4.95. The summed E-state index contributed by atoms with van der Waals surface area (Å²) in [5.41, 5.74) is 6.82. The van der Waals surface area contributed by atoms with Gasteiger partial charge < -0.3 is 20.5 Å². The smallest absolute Gasteiger partial charge is 0.227 e. The summed E-state index contributed by atoms with van der Waals surface area (Å²) in [6.45, 7) is 0. The lowest BCUT2D eigenvalue weighted by Gasteiger charge is -2.17. The monoisotopic (exact) mass is 328 g/mol. The third-order valence-corrected chi connectivity index (χ3v) is 3.18. The fourth-order valence-electron chi connectivity index (χ4n) is 1.72. The maximum absolute atomic E-state index is 11.6. The number of aromatic hydroxyl groups is 1. The minimum atomic E-state index is -0.184. The van der Waals surface area contributed by atoms with E-state index >= 15 is 0 Å². The third-order valence-electron chi connectivity index (χ3n) is 3.18. The number of aldehydes is 1. The fraction of sp³-hybridized carbons (Fsp3) is 0.176. The number of nitrogens with one attached hydrogen (secondary N) is 2. The number of benzene rings is 1. The van der Waals surface area contributed by atoms with Crippen molar-refractivity contribution >= 4 is 35.0 Å². The molecule has 1 aliphatic carbocycles. The van der Waals surface area contributed by atoms with E-state index in [1.165, 1.54) is 17.0 Å². The maximum Gasteiger partial charge on any atom is 0.227 e. The van der Waals surface area contributed by atoms with Crippen LogP contribution in [0.3, 0.4) is 0 Å².